The Morgan fingerprint density at radius 2 is 1.20 bits per heavy atom. The van der Waals surface area contributed by atoms with E-state index in [0.717, 1.165) is 20.2 Å². The van der Waals surface area contributed by atoms with Crippen molar-refractivity contribution in [2.75, 3.05) is 0 Å². The van der Waals surface area contributed by atoms with Crippen LogP contribution in [0.5, 0.6) is 11.5 Å². The lowest BCUT2D eigenvalue weighted by molar-refractivity contribution is -0.130. The van der Waals surface area contributed by atoms with Gasteiger partial charge in [0, 0.05) is 31.3 Å². The van der Waals surface area contributed by atoms with Crippen LogP contribution in [0.3, 0.4) is 0 Å². The van der Waals surface area contributed by atoms with Gasteiger partial charge in [-0.3, -0.25) is 0 Å². The molecular weight excluding hydrogens is 336 g/mol. The van der Waals surface area contributed by atoms with Crippen LogP contribution in [0.25, 0.3) is 20.2 Å². The highest BCUT2D eigenvalue weighted by atomic mass is 32.1. The number of rotatable bonds is 4. The zero-order valence-corrected chi connectivity index (χ0v) is 14.7. The Balaban J connectivity index is 1.97. The molecule has 0 atom stereocenters. The molecule has 0 N–H and O–H groups in total. The fourth-order valence-corrected chi connectivity index (χ4v) is 3.42. The minimum absolute atomic E-state index is 0.348. The molecule has 3 rings (SSSR count). The summed E-state index contributed by atoms with van der Waals surface area (Å²) in [6.07, 6.45) is 0. The van der Waals surface area contributed by atoms with Crippen molar-refractivity contribution in [1.29, 1.82) is 0 Å². The largest absolute Gasteiger partial charge is 0.423 e. The van der Waals surface area contributed by atoms with Crippen molar-refractivity contribution >= 4 is 43.4 Å². The zero-order chi connectivity index (χ0) is 18.1. The minimum Gasteiger partial charge on any atom is -0.423 e. The molecule has 0 radical (unpaired) electrons. The summed E-state index contributed by atoms with van der Waals surface area (Å²) in [5, 5.41) is 2.10. The molecule has 0 aliphatic rings. The van der Waals surface area contributed by atoms with Crippen molar-refractivity contribution in [3.63, 3.8) is 0 Å². The first-order valence-corrected chi connectivity index (χ1v) is 8.38. The van der Waals surface area contributed by atoms with Crippen molar-refractivity contribution in [2.24, 2.45) is 0 Å². The second-order valence-corrected chi connectivity index (χ2v) is 6.84. The average Bonchev–Trinajstić information content (AvgIpc) is 2.91. The van der Waals surface area contributed by atoms with E-state index in [1.54, 1.807) is 26.0 Å². The van der Waals surface area contributed by atoms with Gasteiger partial charge < -0.3 is 9.47 Å². The number of thiophene rings is 1. The van der Waals surface area contributed by atoms with Crippen molar-refractivity contribution in [3.05, 3.63) is 60.7 Å². The summed E-state index contributed by atoms with van der Waals surface area (Å²) in [5.41, 5.74) is 0.695. The summed E-state index contributed by atoms with van der Waals surface area (Å²) in [5.74, 6) is 0.0471. The average molecular weight is 352 g/mol. The third kappa shape index (κ3) is 3.46. The molecule has 0 saturated carbocycles. The summed E-state index contributed by atoms with van der Waals surface area (Å²) in [6.45, 7) is 10.4. The summed E-state index contributed by atoms with van der Waals surface area (Å²) in [6, 6.07) is 11.0. The van der Waals surface area contributed by atoms with Crippen LogP contribution in [0, 0.1) is 0 Å². The van der Waals surface area contributed by atoms with Crippen LogP contribution in [0.1, 0.15) is 13.8 Å². The SMILES string of the molecule is C=C(C)C(=O)Oc1ccc2c(c1)sc1cc(OC(=O)C(=C)C)ccc12. The Hall–Kier alpha value is -2.92. The molecule has 126 valence electrons. The van der Waals surface area contributed by atoms with E-state index in [-0.39, 0.29) is 0 Å². The lowest BCUT2D eigenvalue weighted by Crippen LogP contribution is -2.07. The molecule has 4 nitrogen and oxygen atoms in total. The van der Waals surface area contributed by atoms with Gasteiger partial charge in [0.05, 0.1) is 0 Å². The van der Waals surface area contributed by atoms with Gasteiger partial charge in [0.15, 0.2) is 0 Å². The third-order valence-electron chi connectivity index (χ3n) is 3.53. The maximum Gasteiger partial charge on any atom is 0.338 e. The van der Waals surface area contributed by atoms with E-state index in [4.69, 9.17) is 9.47 Å². The van der Waals surface area contributed by atoms with E-state index in [1.165, 1.54) is 11.3 Å². The second-order valence-electron chi connectivity index (χ2n) is 5.76. The Kier molecular flexibility index (Phi) is 4.42. The van der Waals surface area contributed by atoms with Gasteiger partial charge in [0.25, 0.3) is 0 Å². The lowest BCUT2D eigenvalue weighted by atomic mass is 10.1. The molecule has 0 fully saturated rings. The summed E-state index contributed by atoms with van der Waals surface area (Å²) < 4.78 is 12.5. The number of fused-ring (bicyclic) bond motifs is 3. The first kappa shape index (κ1) is 16.9. The zero-order valence-electron chi connectivity index (χ0n) is 13.9. The van der Waals surface area contributed by atoms with Crippen LogP contribution in [-0.2, 0) is 9.59 Å². The highest BCUT2D eigenvalue weighted by molar-refractivity contribution is 7.25. The monoisotopic (exact) mass is 352 g/mol. The van der Waals surface area contributed by atoms with Crippen LogP contribution in [-0.4, -0.2) is 11.9 Å². The van der Waals surface area contributed by atoms with Gasteiger partial charge in [0.1, 0.15) is 11.5 Å². The Bertz CT molecular complexity index is 960. The first-order valence-electron chi connectivity index (χ1n) is 7.57. The first-order chi connectivity index (χ1) is 11.8. The molecule has 5 heteroatoms. The third-order valence-corrected chi connectivity index (χ3v) is 4.65. The molecule has 0 unspecified atom stereocenters. The predicted molar refractivity (Wildman–Crippen MR) is 100 cm³/mol. The van der Waals surface area contributed by atoms with Gasteiger partial charge >= 0.3 is 11.9 Å². The molecule has 1 heterocycles. The molecule has 3 aromatic rings. The van der Waals surface area contributed by atoms with E-state index in [2.05, 4.69) is 13.2 Å². The van der Waals surface area contributed by atoms with Crippen molar-refractivity contribution in [2.45, 2.75) is 13.8 Å². The Morgan fingerprint density at radius 1 is 0.800 bits per heavy atom. The van der Waals surface area contributed by atoms with Gasteiger partial charge in [-0.2, -0.15) is 0 Å². The number of carbonyl (C=O) groups excluding carboxylic acids is 2. The normalized spacial score (nSPS) is 10.6. The number of esters is 2. The summed E-state index contributed by atoms with van der Waals surface area (Å²) in [4.78, 5) is 23.3. The molecule has 1 aromatic heterocycles. The molecule has 25 heavy (non-hydrogen) atoms. The highest BCUT2D eigenvalue weighted by Crippen LogP contribution is 2.37. The van der Waals surface area contributed by atoms with E-state index in [0.29, 0.717) is 22.6 Å². The van der Waals surface area contributed by atoms with Crippen LogP contribution >= 0.6 is 11.3 Å². The number of hydrogen-bond acceptors (Lipinski definition) is 5. The molecular formula is C20H16O4S. The van der Waals surface area contributed by atoms with E-state index >= 15 is 0 Å². The molecule has 0 aliphatic carbocycles. The van der Waals surface area contributed by atoms with Crippen LogP contribution in [0.15, 0.2) is 60.7 Å². The fraction of sp³-hybridized carbons (Fsp3) is 0.100. The Labute approximate surface area is 149 Å². The van der Waals surface area contributed by atoms with Crippen molar-refractivity contribution in [3.8, 4) is 11.5 Å². The number of ether oxygens (including phenoxy) is 2. The van der Waals surface area contributed by atoms with Gasteiger partial charge in [-0.15, -0.1) is 11.3 Å². The second kappa shape index (κ2) is 6.53. The lowest BCUT2D eigenvalue weighted by Gasteiger charge is -2.04. The molecule has 0 bridgehead atoms. The molecule has 2 aromatic carbocycles. The molecule has 0 aliphatic heterocycles. The van der Waals surface area contributed by atoms with Crippen LogP contribution < -0.4 is 9.47 Å². The van der Waals surface area contributed by atoms with Gasteiger partial charge in [-0.25, -0.2) is 9.59 Å². The van der Waals surface area contributed by atoms with Crippen molar-refractivity contribution in [1.82, 2.24) is 0 Å². The molecule has 0 spiro atoms. The number of carbonyl (C=O) groups is 2. The quantitative estimate of drug-likeness (QED) is 0.376. The van der Waals surface area contributed by atoms with Crippen LogP contribution in [0.2, 0.25) is 0 Å². The topological polar surface area (TPSA) is 52.6 Å². The molecule has 0 saturated heterocycles. The fourth-order valence-electron chi connectivity index (χ4n) is 2.25. The van der Waals surface area contributed by atoms with E-state index in [1.807, 2.05) is 24.3 Å². The minimum atomic E-state index is -0.450. The predicted octanol–water partition coefficient (Wildman–Crippen LogP) is 5.02. The maximum atomic E-state index is 11.6. The van der Waals surface area contributed by atoms with Gasteiger partial charge in [0.2, 0.25) is 0 Å². The molecule has 0 amide bonds. The maximum absolute atomic E-state index is 11.6. The van der Waals surface area contributed by atoms with Crippen LogP contribution in [0.4, 0.5) is 0 Å². The van der Waals surface area contributed by atoms with Crippen molar-refractivity contribution < 1.29 is 19.1 Å². The van der Waals surface area contributed by atoms with Gasteiger partial charge in [-0.1, -0.05) is 13.2 Å². The highest BCUT2D eigenvalue weighted by Gasteiger charge is 2.11. The smallest absolute Gasteiger partial charge is 0.338 e. The number of hydrogen-bond donors (Lipinski definition) is 0. The summed E-state index contributed by atoms with van der Waals surface area (Å²) >= 11 is 1.53. The Morgan fingerprint density at radius 3 is 1.56 bits per heavy atom. The number of benzene rings is 2. The van der Waals surface area contributed by atoms with E-state index in [9.17, 15) is 9.59 Å². The standard InChI is InChI=1S/C20H16O4S/c1-11(2)19(21)23-13-5-7-15-16-8-6-14(24-20(22)12(3)4)10-18(16)25-17(15)9-13/h5-10H,1,3H2,2,4H3. The van der Waals surface area contributed by atoms with E-state index < -0.39 is 11.9 Å². The van der Waals surface area contributed by atoms with Gasteiger partial charge in [-0.05, 0) is 50.2 Å². The summed E-state index contributed by atoms with van der Waals surface area (Å²) in [7, 11) is 0.